The van der Waals surface area contributed by atoms with Gasteiger partial charge >= 0.3 is 5.97 Å². The van der Waals surface area contributed by atoms with E-state index in [4.69, 9.17) is 4.74 Å². The monoisotopic (exact) mass is 206 g/mol. The molecule has 0 aliphatic rings. The van der Waals surface area contributed by atoms with E-state index in [1.54, 1.807) is 13.2 Å². The zero-order chi connectivity index (χ0) is 11.3. The van der Waals surface area contributed by atoms with Gasteiger partial charge in [0.25, 0.3) is 0 Å². The molecule has 0 aromatic heterocycles. The third-order valence-electron chi connectivity index (χ3n) is 2.03. The summed E-state index contributed by atoms with van der Waals surface area (Å²) in [6, 6.07) is 5.69. The second kappa shape index (κ2) is 5.20. The summed E-state index contributed by atoms with van der Waals surface area (Å²) in [6.45, 7) is 1.95. The summed E-state index contributed by atoms with van der Waals surface area (Å²) in [6.07, 6.45) is 3.10. The Morgan fingerprint density at radius 3 is 2.60 bits per heavy atom. The zero-order valence-corrected chi connectivity index (χ0v) is 9.11. The summed E-state index contributed by atoms with van der Waals surface area (Å²) < 4.78 is 9.63. The molecule has 0 N–H and O–H groups in total. The van der Waals surface area contributed by atoms with Crippen LogP contribution in [0.3, 0.4) is 0 Å². The van der Waals surface area contributed by atoms with Crippen molar-refractivity contribution in [1.29, 1.82) is 0 Å². The minimum Gasteiger partial charge on any atom is -0.496 e. The summed E-state index contributed by atoms with van der Waals surface area (Å²) in [5.41, 5.74) is 1.98. The van der Waals surface area contributed by atoms with Crippen LogP contribution in [0.4, 0.5) is 0 Å². The molecule has 15 heavy (non-hydrogen) atoms. The van der Waals surface area contributed by atoms with Gasteiger partial charge < -0.3 is 9.47 Å². The second-order valence-electron chi connectivity index (χ2n) is 3.09. The first-order chi connectivity index (χ1) is 7.17. The van der Waals surface area contributed by atoms with Crippen molar-refractivity contribution in [3.8, 4) is 5.75 Å². The van der Waals surface area contributed by atoms with Gasteiger partial charge in [-0.15, -0.1) is 0 Å². The molecule has 1 aromatic rings. The number of carbonyl (C=O) groups excluding carboxylic acids is 1. The van der Waals surface area contributed by atoms with Crippen molar-refractivity contribution in [3.05, 3.63) is 35.4 Å². The van der Waals surface area contributed by atoms with Crippen molar-refractivity contribution in [2.24, 2.45) is 0 Å². The molecular weight excluding hydrogens is 192 g/mol. The van der Waals surface area contributed by atoms with Gasteiger partial charge in [0.1, 0.15) is 5.75 Å². The second-order valence-corrected chi connectivity index (χ2v) is 3.09. The van der Waals surface area contributed by atoms with Gasteiger partial charge in [-0.3, -0.25) is 0 Å². The number of ether oxygens (including phenoxy) is 2. The average Bonchev–Trinajstić information content (AvgIpc) is 2.26. The quantitative estimate of drug-likeness (QED) is 0.561. The van der Waals surface area contributed by atoms with Crippen LogP contribution in [0.25, 0.3) is 6.08 Å². The number of esters is 1. The third-order valence-corrected chi connectivity index (χ3v) is 2.03. The Morgan fingerprint density at radius 2 is 2.07 bits per heavy atom. The van der Waals surface area contributed by atoms with Crippen LogP contribution in [-0.2, 0) is 9.53 Å². The smallest absolute Gasteiger partial charge is 0.330 e. The van der Waals surface area contributed by atoms with Gasteiger partial charge in [-0.2, -0.15) is 0 Å². The molecule has 0 radical (unpaired) electrons. The molecule has 0 atom stereocenters. The fraction of sp³-hybridized carbons (Fsp3) is 0.250. The van der Waals surface area contributed by atoms with Crippen LogP contribution in [0, 0.1) is 6.92 Å². The molecule has 0 saturated carbocycles. The Kier molecular flexibility index (Phi) is 3.92. The first-order valence-electron chi connectivity index (χ1n) is 4.58. The van der Waals surface area contributed by atoms with Crippen molar-refractivity contribution in [3.63, 3.8) is 0 Å². The normalized spacial score (nSPS) is 10.3. The number of rotatable bonds is 3. The molecule has 3 heteroatoms. The fourth-order valence-corrected chi connectivity index (χ4v) is 1.24. The van der Waals surface area contributed by atoms with E-state index in [1.165, 1.54) is 13.2 Å². The molecule has 0 aliphatic heterocycles. The molecule has 0 aliphatic carbocycles. The molecule has 1 aromatic carbocycles. The lowest BCUT2D eigenvalue weighted by Gasteiger charge is -2.04. The molecule has 3 nitrogen and oxygen atoms in total. The maximum Gasteiger partial charge on any atom is 0.330 e. The van der Waals surface area contributed by atoms with E-state index in [9.17, 15) is 4.79 Å². The molecule has 0 saturated heterocycles. The van der Waals surface area contributed by atoms with Gasteiger partial charge in [0.05, 0.1) is 14.2 Å². The number of carbonyl (C=O) groups is 1. The van der Waals surface area contributed by atoms with Gasteiger partial charge in [-0.05, 0) is 36.3 Å². The summed E-state index contributed by atoms with van der Waals surface area (Å²) in [5.74, 6) is 0.480. The first kappa shape index (κ1) is 11.3. The fourth-order valence-electron chi connectivity index (χ4n) is 1.24. The molecule has 80 valence electrons. The number of hydrogen-bond donors (Lipinski definition) is 0. The van der Waals surface area contributed by atoms with Crippen LogP contribution in [-0.4, -0.2) is 20.2 Å². The SMILES string of the molecule is COC(=O)C=Cc1ccc(OC)c(C)c1. The molecule has 1 rings (SSSR count). The van der Waals surface area contributed by atoms with E-state index < -0.39 is 0 Å². The molecule has 0 amide bonds. The summed E-state index contributed by atoms with van der Waals surface area (Å²) in [7, 11) is 2.98. The number of benzene rings is 1. The minimum absolute atomic E-state index is 0.358. The molecular formula is C12H14O3. The van der Waals surface area contributed by atoms with Crippen LogP contribution in [0.5, 0.6) is 5.75 Å². The molecule has 0 unspecified atom stereocenters. The van der Waals surface area contributed by atoms with E-state index in [0.29, 0.717) is 0 Å². The van der Waals surface area contributed by atoms with Crippen molar-refractivity contribution in [2.45, 2.75) is 6.92 Å². The van der Waals surface area contributed by atoms with Gasteiger partial charge in [0.15, 0.2) is 0 Å². The highest BCUT2D eigenvalue weighted by molar-refractivity contribution is 5.86. The van der Waals surface area contributed by atoms with Crippen molar-refractivity contribution >= 4 is 12.0 Å². The van der Waals surface area contributed by atoms with Crippen LogP contribution in [0.2, 0.25) is 0 Å². The first-order valence-corrected chi connectivity index (χ1v) is 4.58. The molecule has 0 spiro atoms. The number of aryl methyl sites for hydroxylation is 1. The molecule has 0 heterocycles. The summed E-state index contributed by atoms with van der Waals surface area (Å²) in [5, 5.41) is 0. The Bertz CT molecular complexity index is 380. The highest BCUT2D eigenvalue weighted by atomic mass is 16.5. The Morgan fingerprint density at radius 1 is 1.33 bits per heavy atom. The van der Waals surface area contributed by atoms with E-state index in [2.05, 4.69) is 4.74 Å². The zero-order valence-electron chi connectivity index (χ0n) is 9.11. The predicted molar refractivity (Wildman–Crippen MR) is 58.8 cm³/mol. The van der Waals surface area contributed by atoms with Gasteiger partial charge in [-0.25, -0.2) is 4.79 Å². The lowest BCUT2D eigenvalue weighted by atomic mass is 10.1. The van der Waals surface area contributed by atoms with Gasteiger partial charge in [0, 0.05) is 6.08 Å². The van der Waals surface area contributed by atoms with Crippen LogP contribution in [0.15, 0.2) is 24.3 Å². The van der Waals surface area contributed by atoms with Crippen molar-refractivity contribution in [2.75, 3.05) is 14.2 Å². The van der Waals surface area contributed by atoms with Gasteiger partial charge in [0.2, 0.25) is 0 Å². The Hall–Kier alpha value is -1.77. The standard InChI is InChI=1S/C12H14O3/c1-9-8-10(4-6-11(9)14-2)5-7-12(13)15-3/h4-8H,1-3H3. The summed E-state index contributed by atoms with van der Waals surface area (Å²) >= 11 is 0. The van der Waals surface area contributed by atoms with E-state index >= 15 is 0 Å². The number of methoxy groups -OCH3 is 2. The van der Waals surface area contributed by atoms with E-state index in [0.717, 1.165) is 16.9 Å². The largest absolute Gasteiger partial charge is 0.496 e. The van der Waals surface area contributed by atoms with Crippen molar-refractivity contribution in [1.82, 2.24) is 0 Å². The maximum atomic E-state index is 10.9. The highest BCUT2D eigenvalue weighted by Gasteiger charge is 1.98. The number of hydrogen-bond acceptors (Lipinski definition) is 3. The van der Waals surface area contributed by atoms with Crippen LogP contribution in [0.1, 0.15) is 11.1 Å². The summed E-state index contributed by atoms with van der Waals surface area (Å²) in [4.78, 5) is 10.9. The minimum atomic E-state index is -0.358. The Balaban J connectivity index is 2.84. The van der Waals surface area contributed by atoms with Crippen LogP contribution < -0.4 is 4.74 Å². The Labute approximate surface area is 89.3 Å². The topological polar surface area (TPSA) is 35.5 Å². The third kappa shape index (κ3) is 3.13. The molecule has 0 fully saturated rings. The van der Waals surface area contributed by atoms with Crippen molar-refractivity contribution < 1.29 is 14.3 Å². The van der Waals surface area contributed by atoms with E-state index in [1.807, 2.05) is 25.1 Å². The highest BCUT2D eigenvalue weighted by Crippen LogP contribution is 2.19. The van der Waals surface area contributed by atoms with Gasteiger partial charge in [-0.1, -0.05) is 6.07 Å². The lowest BCUT2D eigenvalue weighted by molar-refractivity contribution is -0.134. The molecule has 0 bridgehead atoms. The maximum absolute atomic E-state index is 10.9. The lowest BCUT2D eigenvalue weighted by Crippen LogP contribution is -1.93. The average molecular weight is 206 g/mol. The van der Waals surface area contributed by atoms with E-state index in [-0.39, 0.29) is 5.97 Å². The van der Waals surface area contributed by atoms with Crippen LogP contribution >= 0.6 is 0 Å². The predicted octanol–water partition coefficient (Wildman–Crippen LogP) is 2.19.